The van der Waals surface area contributed by atoms with Gasteiger partial charge in [0.2, 0.25) is 5.91 Å². The number of carbonyl (C=O) groups is 1. The number of alkyl halides is 3. The van der Waals surface area contributed by atoms with E-state index in [9.17, 15) is 18.0 Å². The SMILES string of the molecule is C[C@@H](Oc1ccc(Cl)cc1Cl)c1nnc(SCC(=O)Nc2cc(C(F)(F)F)ccc2Cl)o1. The highest BCUT2D eigenvalue weighted by atomic mass is 35.5. The lowest BCUT2D eigenvalue weighted by Gasteiger charge is -2.12. The molecule has 0 unspecified atom stereocenters. The molecule has 0 aliphatic carbocycles. The zero-order valence-electron chi connectivity index (χ0n) is 16.0. The molecular weight excluding hydrogens is 514 g/mol. The Bertz CT molecular complexity index is 1130. The van der Waals surface area contributed by atoms with E-state index in [-0.39, 0.29) is 27.6 Å². The highest BCUT2D eigenvalue weighted by Gasteiger charge is 2.31. The molecular formula is C19H13Cl3F3N3O3S. The number of rotatable bonds is 7. The number of hydrogen-bond donors (Lipinski definition) is 1. The molecule has 0 fully saturated rings. The van der Waals surface area contributed by atoms with Crippen molar-refractivity contribution >= 4 is 58.2 Å². The maximum absolute atomic E-state index is 12.8. The van der Waals surface area contributed by atoms with E-state index in [1.165, 1.54) is 6.07 Å². The molecule has 1 amide bonds. The number of nitrogens with zero attached hydrogens (tertiary/aromatic N) is 2. The highest BCUT2D eigenvalue weighted by molar-refractivity contribution is 7.99. The van der Waals surface area contributed by atoms with Crippen LogP contribution in [-0.4, -0.2) is 21.9 Å². The smallest absolute Gasteiger partial charge is 0.416 e. The van der Waals surface area contributed by atoms with Crippen LogP contribution in [0.5, 0.6) is 5.75 Å². The van der Waals surface area contributed by atoms with Gasteiger partial charge in [-0.25, -0.2) is 0 Å². The predicted molar refractivity (Wildman–Crippen MR) is 116 cm³/mol. The van der Waals surface area contributed by atoms with Crippen LogP contribution in [-0.2, 0) is 11.0 Å². The number of halogens is 6. The van der Waals surface area contributed by atoms with E-state index >= 15 is 0 Å². The fourth-order valence-corrected chi connectivity index (χ4v) is 3.55. The summed E-state index contributed by atoms with van der Waals surface area (Å²) in [7, 11) is 0. The van der Waals surface area contributed by atoms with E-state index in [1.807, 2.05) is 0 Å². The average molecular weight is 527 g/mol. The largest absolute Gasteiger partial charge is 0.479 e. The molecule has 0 bridgehead atoms. The van der Waals surface area contributed by atoms with Gasteiger partial charge in [-0.1, -0.05) is 46.6 Å². The van der Waals surface area contributed by atoms with Gasteiger partial charge in [0, 0.05) is 5.02 Å². The summed E-state index contributed by atoms with van der Waals surface area (Å²) in [5.74, 6) is -0.298. The second-order valence-electron chi connectivity index (χ2n) is 6.27. The van der Waals surface area contributed by atoms with Gasteiger partial charge in [0.05, 0.1) is 27.0 Å². The van der Waals surface area contributed by atoms with Crippen molar-refractivity contribution in [2.24, 2.45) is 0 Å². The molecule has 6 nitrogen and oxygen atoms in total. The molecule has 1 aromatic heterocycles. The van der Waals surface area contributed by atoms with Crippen molar-refractivity contribution < 1.29 is 27.1 Å². The Hall–Kier alpha value is -2.14. The topological polar surface area (TPSA) is 77.2 Å². The summed E-state index contributed by atoms with van der Waals surface area (Å²) in [4.78, 5) is 12.1. The fraction of sp³-hybridized carbons (Fsp3) is 0.211. The average Bonchev–Trinajstić information content (AvgIpc) is 3.18. The molecule has 0 aliphatic heterocycles. The number of amides is 1. The van der Waals surface area contributed by atoms with E-state index in [0.717, 1.165) is 30.0 Å². The number of benzene rings is 2. The van der Waals surface area contributed by atoms with Crippen molar-refractivity contribution in [2.45, 2.75) is 24.4 Å². The molecule has 13 heteroatoms. The van der Waals surface area contributed by atoms with Gasteiger partial charge in [-0.15, -0.1) is 10.2 Å². The maximum Gasteiger partial charge on any atom is 0.416 e. The minimum absolute atomic E-state index is 0.0248. The number of nitrogens with one attached hydrogen (secondary N) is 1. The van der Waals surface area contributed by atoms with Gasteiger partial charge >= 0.3 is 6.18 Å². The fourth-order valence-electron chi connectivity index (χ4n) is 2.37. The second kappa shape index (κ2) is 10.2. The lowest BCUT2D eigenvalue weighted by atomic mass is 10.2. The van der Waals surface area contributed by atoms with Crippen LogP contribution in [0.2, 0.25) is 15.1 Å². The number of hydrogen-bond acceptors (Lipinski definition) is 6. The Morgan fingerprint density at radius 1 is 1.16 bits per heavy atom. The van der Waals surface area contributed by atoms with E-state index in [2.05, 4.69) is 15.5 Å². The predicted octanol–water partition coefficient (Wildman–Crippen LogP) is 6.92. The first kappa shape index (κ1) is 24.5. The zero-order chi connectivity index (χ0) is 23.5. The minimum Gasteiger partial charge on any atom is -0.479 e. The number of ether oxygens (including phenoxy) is 1. The molecule has 1 heterocycles. The Balaban J connectivity index is 1.57. The molecule has 0 spiro atoms. The standard InChI is InChI=1S/C19H13Cl3F3N3O3S/c1-9(30-15-5-3-11(20)7-13(15)22)17-27-28-18(31-17)32-8-16(29)26-14-6-10(19(23,24)25)2-4-12(14)21/h2-7,9H,8H2,1H3,(H,26,29)/t9-/m1/s1. The van der Waals surface area contributed by atoms with Crippen LogP contribution < -0.4 is 10.1 Å². The summed E-state index contributed by atoms with van der Waals surface area (Å²) in [5.41, 5.74) is -1.08. The van der Waals surface area contributed by atoms with E-state index < -0.39 is 23.8 Å². The van der Waals surface area contributed by atoms with E-state index in [4.69, 9.17) is 44.0 Å². The molecule has 170 valence electrons. The van der Waals surface area contributed by atoms with Crippen LogP contribution >= 0.6 is 46.6 Å². The summed E-state index contributed by atoms with van der Waals surface area (Å²) in [5, 5.41) is 10.8. The highest BCUT2D eigenvalue weighted by Crippen LogP contribution is 2.34. The number of carbonyl (C=O) groups excluding carboxylic acids is 1. The first-order valence-electron chi connectivity index (χ1n) is 8.77. The number of anilines is 1. The lowest BCUT2D eigenvalue weighted by Crippen LogP contribution is -2.15. The van der Waals surface area contributed by atoms with Crippen LogP contribution in [0.15, 0.2) is 46.0 Å². The molecule has 2 aromatic carbocycles. The zero-order valence-corrected chi connectivity index (χ0v) is 19.1. The normalized spacial score (nSPS) is 12.5. The monoisotopic (exact) mass is 525 g/mol. The summed E-state index contributed by atoms with van der Waals surface area (Å²) < 4.78 is 49.7. The second-order valence-corrected chi connectivity index (χ2v) is 8.45. The van der Waals surface area contributed by atoms with Gasteiger partial charge in [0.1, 0.15) is 5.75 Å². The van der Waals surface area contributed by atoms with Crippen molar-refractivity contribution in [3.63, 3.8) is 0 Å². The Morgan fingerprint density at radius 2 is 1.91 bits per heavy atom. The van der Waals surface area contributed by atoms with Gasteiger partial charge in [-0.05, 0) is 43.3 Å². The summed E-state index contributed by atoms with van der Waals surface area (Å²) in [6.45, 7) is 1.66. The third-order valence-electron chi connectivity index (χ3n) is 3.86. The molecule has 1 N–H and O–H groups in total. The van der Waals surface area contributed by atoms with E-state index in [0.29, 0.717) is 15.8 Å². The molecule has 0 saturated heterocycles. The van der Waals surface area contributed by atoms with E-state index in [1.54, 1.807) is 19.1 Å². The molecule has 0 aliphatic rings. The van der Waals surface area contributed by atoms with Gasteiger partial charge in [0.15, 0.2) is 6.10 Å². The summed E-state index contributed by atoms with van der Waals surface area (Å²) >= 11 is 18.7. The quantitative estimate of drug-likeness (QED) is 0.337. The van der Waals surface area contributed by atoms with Crippen molar-refractivity contribution in [1.29, 1.82) is 0 Å². The number of thioether (sulfide) groups is 1. The maximum atomic E-state index is 12.8. The van der Waals surface area contributed by atoms with Crippen LogP contribution in [0, 0.1) is 0 Å². The Labute approximate surface area is 199 Å². The van der Waals surface area contributed by atoms with Gasteiger partial charge in [0.25, 0.3) is 11.1 Å². The summed E-state index contributed by atoms with van der Waals surface area (Å²) in [6.07, 6.45) is -5.21. The number of aromatic nitrogens is 2. The molecule has 3 rings (SSSR count). The lowest BCUT2D eigenvalue weighted by molar-refractivity contribution is -0.137. The Morgan fingerprint density at radius 3 is 2.59 bits per heavy atom. The Kier molecular flexibility index (Phi) is 7.81. The third kappa shape index (κ3) is 6.44. The van der Waals surface area contributed by atoms with Gasteiger partial charge in [-0.2, -0.15) is 13.2 Å². The van der Waals surface area contributed by atoms with Crippen molar-refractivity contribution in [3.05, 3.63) is 62.9 Å². The van der Waals surface area contributed by atoms with Crippen LogP contribution in [0.4, 0.5) is 18.9 Å². The van der Waals surface area contributed by atoms with Crippen LogP contribution in [0.3, 0.4) is 0 Å². The molecule has 0 saturated carbocycles. The molecule has 0 radical (unpaired) electrons. The van der Waals surface area contributed by atoms with Crippen molar-refractivity contribution in [3.8, 4) is 5.75 Å². The third-order valence-corrected chi connectivity index (χ3v) is 5.54. The van der Waals surface area contributed by atoms with Crippen molar-refractivity contribution in [2.75, 3.05) is 11.1 Å². The first-order valence-corrected chi connectivity index (χ1v) is 10.9. The molecule has 3 aromatic rings. The molecule has 32 heavy (non-hydrogen) atoms. The van der Waals surface area contributed by atoms with Crippen LogP contribution in [0.25, 0.3) is 0 Å². The summed E-state index contributed by atoms with van der Waals surface area (Å²) in [6, 6.07) is 7.38. The van der Waals surface area contributed by atoms with Gasteiger partial charge < -0.3 is 14.5 Å². The minimum atomic E-state index is -4.56. The van der Waals surface area contributed by atoms with Gasteiger partial charge in [-0.3, -0.25) is 4.79 Å². The first-order chi connectivity index (χ1) is 15.0. The van der Waals surface area contributed by atoms with Crippen LogP contribution in [0.1, 0.15) is 24.5 Å². The van der Waals surface area contributed by atoms with Crippen molar-refractivity contribution in [1.82, 2.24) is 10.2 Å². The molecule has 1 atom stereocenters.